The molecular weight excluding hydrogens is 298 g/mol. The highest BCUT2D eigenvalue weighted by molar-refractivity contribution is 5.96. The second-order valence-electron chi connectivity index (χ2n) is 6.13. The third kappa shape index (κ3) is 4.19. The van der Waals surface area contributed by atoms with E-state index in [0.717, 1.165) is 32.7 Å². The molecule has 0 bridgehead atoms. The van der Waals surface area contributed by atoms with E-state index in [1.807, 2.05) is 0 Å². The Hall–Kier alpha value is -2.15. The van der Waals surface area contributed by atoms with Crippen molar-refractivity contribution in [1.82, 2.24) is 4.90 Å². The Bertz CT molecular complexity index is 581. The maximum atomic E-state index is 12.0. The molecule has 1 aromatic carbocycles. The molecule has 0 amide bonds. The Balaban J connectivity index is 2.19. The van der Waals surface area contributed by atoms with Crippen molar-refractivity contribution in [2.45, 2.75) is 13.8 Å². The predicted molar refractivity (Wildman–Crippen MR) is 87.9 cm³/mol. The van der Waals surface area contributed by atoms with Gasteiger partial charge in [-0.15, -0.1) is 0 Å². The van der Waals surface area contributed by atoms with E-state index in [2.05, 4.69) is 23.6 Å². The number of carbonyl (C=O) groups is 1. The number of ether oxygens (including phenoxy) is 1. The topological polar surface area (TPSA) is 75.9 Å². The molecule has 7 nitrogen and oxygen atoms in total. The average molecular weight is 321 g/mol. The molecule has 1 fully saturated rings. The summed E-state index contributed by atoms with van der Waals surface area (Å²) in [6.45, 7) is 8.84. The van der Waals surface area contributed by atoms with Crippen LogP contribution < -0.4 is 4.90 Å². The summed E-state index contributed by atoms with van der Waals surface area (Å²) >= 11 is 0. The Kier molecular flexibility index (Phi) is 5.54. The molecule has 1 saturated heterocycles. The third-order valence-electron chi connectivity index (χ3n) is 3.93. The number of nitrogens with zero attached hydrogens (tertiary/aromatic N) is 3. The first-order valence-electron chi connectivity index (χ1n) is 7.76. The summed E-state index contributed by atoms with van der Waals surface area (Å²) in [6.07, 6.45) is 0. The molecule has 0 N–H and O–H groups in total. The third-order valence-corrected chi connectivity index (χ3v) is 3.93. The molecule has 0 spiro atoms. The van der Waals surface area contributed by atoms with Gasteiger partial charge in [0.05, 0.1) is 23.3 Å². The number of anilines is 1. The molecule has 126 valence electrons. The number of rotatable bonds is 5. The molecule has 0 saturated carbocycles. The summed E-state index contributed by atoms with van der Waals surface area (Å²) in [5.41, 5.74) is 0.846. The highest BCUT2D eigenvalue weighted by atomic mass is 16.6. The number of hydrogen-bond acceptors (Lipinski definition) is 6. The van der Waals surface area contributed by atoms with Gasteiger partial charge in [-0.1, -0.05) is 13.8 Å². The van der Waals surface area contributed by atoms with Gasteiger partial charge in [-0.3, -0.25) is 15.0 Å². The molecule has 2 rings (SSSR count). The fraction of sp³-hybridized carbons (Fsp3) is 0.562. The number of methoxy groups -OCH3 is 1. The van der Waals surface area contributed by atoms with Crippen molar-refractivity contribution in [3.8, 4) is 0 Å². The van der Waals surface area contributed by atoms with E-state index in [4.69, 9.17) is 4.74 Å². The Morgan fingerprint density at radius 1 is 1.30 bits per heavy atom. The van der Waals surface area contributed by atoms with E-state index in [-0.39, 0.29) is 11.3 Å². The molecular formula is C16H23N3O4. The van der Waals surface area contributed by atoms with Crippen LogP contribution in [0.5, 0.6) is 0 Å². The van der Waals surface area contributed by atoms with Crippen molar-refractivity contribution in [2.75, 3.05) is 44.7 Å². The normalized spacial score (nSPS) is 15.7. The zero-order valence-corrected chi connectivity index (χ0v) is 13.8. The van der Waals surface area contributed by atoms with Crippen LogP contribution in [0.1, 0.15) is 24.2 Å². The molecule has 23 heavy (non-hydrogen) atoms. The van der Waals surface area contributed by atoms with E-state index < -0.39 is 10.9 Å². The maximum absolute atomic E-state index is 12.0. The first kappa shape index (κ1) is 17.2. The SMILES string of the molecule is COC(=O)c1cc([N+](=O)[O-])ccc1N1CCN(CC(C)C)CC1. The van der Waals surface area contributed by atoms with Gasteiger partial charge < -0.3 is 9.64 Å². The molecule has 0 unspecified atom stereocenters. The van der Waals surface area contributed by atoms with Gasteiger partial charge in [0.1, 0.15) is 0 Å². The summed E-state index contributed by atoms with van der Waals surface area (Å²) in [7, 11) is 1.28. The minimum atomic E-state index is -0.548. The molecule has 0 aromatic heterocycles. The van der Waals surface area contributed by atoms with E-state index in [1.54, 1.807) is 6.07 Å². The van der Waals surface area contributed by atoms with Crippen molar-refractivity contribution in [3.05, 3.63) is 33.9 Å². The van der Waals surface area contributed by atoms with Gasteiger partial charge in [0, 0.05) is 44.9 Å². The van der Waals surface area contributed by atoms with Gasteiger partial charge in [0.25, 0.3) is 5.69 Å². The molecule has 1 heterocycles. The summed E-state index contributed by atoms with van der Waals surface area (Å²) in [4.78, 5) is 26.9. The number of carbonyl (C=O) groups excluding carboxylic acids is 1. The standard InChI is InChI=1S/C16H23N3O4/c1-12(2)11-17-6-8-18(9-7-17)15-5-4-13(19(21)22)10-14(15)16(20)23-3/h4-5,10,12H,6-9,11H2,1-3H3. The smallest absolute Gasteiger partial charge is 0.340 e. The lowest BCUT2D eigenvalue weighted by molar-refractivity contribution is -0.384. The highest BCUT2D eigenvalue weighted by Gasteiger charge is 2.24. The van der Waals surface area contributed by atoms with Crippen LogP contribution in [0.15, 0.2) is 18.2 Å². The van der Waals surface area contributed by atoms with E-state index in [1.165, 1.54) is 19.2 Å². The molecule has 1 aromatic rings. The van der Waals surface area contributed by atoms with Crippen LogP contribution in [0.2, 0.25) is 0 Å². The summed E-state index contributed by atoms with van der Waals surface area (Å²) in [6, 6.07) is 4.37. The predicted octanol–water partition coefficient (Wildman–Crippen LogP) is 2.16. The number of nitro groups is 1. The molecule has 7 heteroatoms. The first-order chi connectivity index (χ1) is 10.9. The summed E-state index contributed by atoms with van der Waals surface area (Å²) in [5.74, 6) is 0.0693. The number of nitro benzene ring substituents is 1. The van der Waals surface area contributed by atoms with Crippen molar-refractivity contribution in [2.24, 2.45) is 5.92 Å². The van der Waals surface area contributed by atoms with Gasteiger partial charge >= 0.3 is 5.97 Å². The van der Waals surface area contributed by atoms with Gasteiger partial charge in [-0.2, -0.15) is 0 Å². The molecule has 0 aliphatic carbocycles. The van der Waals surface area contributed by atoms with Crippen LogP contribution in [0.4, 0.5) is 11.4 Å². The van der Waals surface area contributed by atoms with Crippen molar-refractivity contribution >= 4 is 17.3 Å². The minimum absolute atomic E-state index is 0.104. The molecule has 1 aliphatic rings. The highest BCUT2D eigenvalue weighted by Crippen LogP contribution is 2.27. The summed E-state index contributed by atoms with van der Waals surface area (Å²) in [5, 5.41) is 10.9. The lowest BCUT2D eigenvalue weighted by Crippen LogP contribution is -2.47. The zero-order valence-electron chi connectivity index (χ0n) is 13.8. The van der Waals surface area contributed by atoms with Crippen LogP contribution in [0.25, 0.3) is 0 Å². The van der Waals surface area contributed by atoms with Crippen LogP contribution in [-0.2, 0) is 4.74 Å². The molecule has 0 atom stereocenters. The maximum Gasteiger partial charge on any atom is 0.340 e. The van der Waals surface area contributed by atoms with E-state index in [0.29, 0.717) is 11.6 Å². The van der Waals surface area contributed by atoms with Crippen LogP contribution >= 0.6 is 0 Å². The number of esters is 1. The Morgan fingerprint density at radius 2 is 1.96 bits per heavy atom. The second-order valence-corrected chi connectivity index (χ2v) is 6.13. The Morgan fingerprint density at radius 3 is 2.48 bits per heavy atom. The van der Waals surface area contributed by atoms with E-state index in [9.17, 15) is 14.9 Å². The number of benzene rings is 1. The largest absolute Gasteiger partial charge is 0.465 e. The summed E-state index contributed by atoms with van der Waals surface area (Å²) < 4.78 is 4.78. The fourth-order valence-electron chi connectivity index (χ4n) is 2.87. The molecule has 1 aliphatic heterocycles. The second kappa shape index (κ2) is 7.41. The van der Waals surface area contributed by atoms with Gasteiger partial charge in [-0.05, 0) is 12.0 Å². The monoisotopic (exact) mass is 321 g/mol. The number of non-ortho nitro benzene ring substituents is 1. The van der Waals surface area contributed by atoms with Crippen LogP contribution in [0.3, 0.4) is 0 Å². The van der Waals surface area contributed by atoms with Crippen LogP contribution in [0, 0.1) is 16.0 Å². The first-order valence-corrected chi connectivity index (χ1v) is 7.76. The van der Waals surface area contributed by atoms with Crippen molar-refractivity contribution in [3.63, 3.8) is 0 Å². The number of piperazine rings is 1. The zero-order chi connectivity index (χ0) is 17.0. The quantitative estimate of drug-likeness (QED) is 0.470. The number of hydrogen-bond donors (Lipinski definition) is 0. The van der Waals surface area contributed by atoms with Gasteiger partial charge in [0.2, 0.25) is 0 Å². The van der Waals surface area contributed by atoms with E-state index >= 15 is 0 Å². The van der Waals surface area contributed by atoms with Crippen molar-refractivity contribution in [1.29, 1.82) is 0 Å². The fourth-order valence-corrected chi connectivity index (χ4v) is 2.87. The van der Waals surface area contributed by atoms with Gasteiger partial charge in [-0.25, -0.2) is 4.79 Å². The molecule has 0 radical (unpaired) electrons. The lowest BCUT2D eigenvalue weighted by atomic mass is 10.1. The van der Waals surface area contributed by atoms with Crippen molar-refractivity contribution < 1.29 is 14.5 Å². The Labute approximate surface area is 136 Å². The van der Waals surface area contributed by atoms with Gasteiger partial charge in [0.15, 0.2) is 0 Å². The average Bonchev–Trinajstić information content (AvgIpc) is 2.53. The minimum Gasteiger partial charge on any atom is -0.465 e. The van der Waals surface area contributed by atoms with Crippen LogP contribution in [-0.4, -0.2) is 55.6 Å². The lowest BCUT2D eigenvalue weighted by Gasteiger charge is -2.37.